The van der Waals surface area contributed by atoms with E-state index in [1.165, 1.54) is 72.8 Å². The van der Waals surface area contributed by atoms with Gasteiger partial charge in [-0.1, -0.05) is 24.3 Å². The number of ether oxygens (including phenoxy) is 1. The molecule has 0 aromatic heterocycles. The molecule has 1 amide bonds. The van der Waals surface area contributed by atoms with Crippen LogP contribution in [-0.2, 0) is 4.79 Å². The van der Waals surface area contributed by atoms with Gasteiger partial charge in [-0.3, -0.25) is 25.0 Å². The highest BCUT2D eigenvalue weighted by atomic mass is 16.6. The van der Waals surface area contributed by atoms with Crippen molar-refractivity contribution < 1.29 is 24.2 Å². The van der Waals surface area contributed by atoms with Gasteiger partial charge in [0.2, 0.25) is 0 Å². The molecule has 3 aromatic carbocycles. The fourth-order valence-electron chi connectivity index (χ4n) is 3.01. The fourth-order valence-corrected chi connectivity index (χ4v) is 3.01. The second-order valence-corrected chi connectivity index (χ2v) is 7.11. The van der Waals surface area contributed by atoms with Gasteiger partial charge in [0.25, 0.3) is 17.3 Å². The van der Waals surface area contributed by atoms with Crippen LogP contribution < -0.4 is 10.1 Å². The van der Waals surface area contributed by atoms with Gasteiger partial charge >= 0.3 is 5.97 Å². The number of esters is 1. The molecule has 3 rings (SSSR count). The Morgan fingerprint density at radius 2 is 1.69 bits per heavy atom. The molecule has 0 heterocycles. The van der Waals surface area contributed by atoms with Crippen molar-refractivity contribution in [1.29, 1.82) is 5.26 Å². The van der Waals surface area contributed by atoms with Gasteiger partial charge in [-0.05, 0) is 48.4 Å². The number of nitro benzene ring substituents is 2. The molecule has 3 aromatic rings. The highest BCUT2D eigenvalue weighted by Gasteiger charge is 2.21. The Morgan fingerprint density at radius 3 is 2.29 bits per heavy atom. The van der Waals surface area contributed by atoms with Crippen molar-refractivity contribution in [3.8, 4) is 11.8 Å². The van der Waals surface area contributed by atoms with Crippen molar-refractivity contribution in [3.63, 3.8) is 0 Å². The number of benzene rings is 3. The minimum absolute atomic E-state index is 0.106. The van der Waals surface area contributed by atoms with Crippen LogP contribution in [0.2, 0.25) is 0 Å². The van der Waals surface area contributed by atoms with Gasteiger partial charge in [0.15, 0.2) is 0 Å². The summed E-state index contributed by atoms with van der Waals surface area (Å²) in [5, 5.41) is 33.9. The SMILES string of the molecule is Cc1cc([N+](=O)[O-])ccc1NC(=O)/C(C#N)=C/c1ccc(OC(=O)c2ccccc2[N+](=O)[O-])cc1. The number of amides is 1. The lowest BCUT2D eigenvalue weighted by molar-refractivity contribution is -0.385. The Hall–Kier alpha value is -5.37. The largest absolute Gasteiger partial charge is 0.423 e. The third-order valence-electron chi connectivity index (χ3n) is 4.76. The smallest absolute Gasteiger partial charge is 0.350 e. The number of carbonyl (C=O) groups excluding carboxylic acids is 2. The molecule has 0 saturated heterocycles. The first-order valence-corrected chi connectivity index (χ1v) is 9.93. The molecular weight excluding hydrogens is 456 g/mol. The maximum Gasteiger partial charge on any atom is 0.350 e. The van der Waals surface area contributed by atoms with Crippen LogP contribution >= 0.6 is 0 Å². The van der Waals surface area contributed by atoms with E-state index in [0.29, 0.717) is 16.8 Å². The lowest BCUT2D eigenvalue weighted by Crippen LogP contribution is -2.14. The normalized spacial score (nSPS) is 10.7. The van der Waals surface area contributed by atoms with Gasteiger partial charge in [-0.2, -0.15) is 5.26 Å². The fraction of sp³-hybridized carbons (Fsp3) is 0.0417. The summed E-state index contributed by atoms with van der Waals surface area (Å²) in [5.74, 6) is -1.51. The van der Waals surface area contributed by atoms with E-state index >= 15 is 0 Å². The number of non-ortho nitro benzene ring substituents is 1. The number of hydrogen-bond acceptors (Lipinski definition) is 8. The maximum atomic E-state index is 12.5. The van der Waals surface area contributed by atoms with Crippen LogP contribution in [-0.4, -0.2) is 21.7 Å². The van der Waals surface area contributed by atoms with Gasteiger partial charge in [-0.15, -0.1) is 0 Å². The minimum Gasteiger partial charge on any atom is -0.423 e. The standard InChI is InChI=1S/C24H16N4O7/c1-15-12-18(27(31)32)8-11-21(15)26-23(29)17(14-25)13-16-6-9-19(10-7-16)35-24(30)20-4-2-3-5-22(20)28(33)34/h2-13H,1H3,(H,26,29)/b17-13+. The Balaban J connectivity index is 1.73. The molecule has 11 heteroatoms. The Kier molecular flexibility index (Phi) is 7.28. The highest BCUT2D eigenvalue weighted by molar-refractivity contribution is 6.10. The number of nitrogens with zero attached hydrogens (tertiary/aromatic N) is 3. The van der Waals surface area contributed by atoms with Crippen LogP contribution in [0.3, 0.4) is 0 Å². The number of aryl methyl sites for hydroxylation is 1. The van der Waals surface area contributed by atoms with Crippen molar-refractivity contribution in [1.82, 2.24) is 0 Å². The average molecular weight is 472 g/mol. The third kappa shape index (κ3) is 5.91. The number of nitro groups is 2. The number of rotatable bonds is 7. The third-order valence-corrected chi connectivity index (χ3v) is 4.76. The summed E-state index contributed by atoms with van der Waals surface area (Å²) in [5.41, 5.74) is 0.277. The number of nitrogens with one attached hydrogen (secondary N) is 1. The van der Waals surface area contributed by atoms with E-state index in [2.05, 4.69) is 5.32 Å². The van der Waals surface area contributed by atoms with Crippen molar-refractivity contribution in [2.45, 2.75) is 6.92 Å². The van der Waals surface area contributed by atoms with Crippen LogP contribution in [0.15, 0.2) is 72.3 Å². The molecule has 35 heavy (non-hydrogen) atoms. The monoisotopic (exact) mass is 472 g/mol. The molecule has 0 aliphatic rings. The molecule has 0 atom stereocenters. The van der Waals surface area contributed by atoms with Crippen LogP contribution in [0.5, 0.6) is 5.75 Å². The van der Waals surface area contributed by atoms with Crippen LogP contribution in [0.4, 0.5) is 17.1 Å². The summed E-state index contributed by atoms with van der Waals surface area (Å²) in [6, 6.07) is 16.9. The maximum absolute atomic E-state index is 12.5. The summed E-state index contributed by atoms with van der Waals surface area (Å²) >= 11 is 0. The zero-order valence-electron chi connectivity index (χ0n) is 18.1. The molecule has 0 saturated carbocycles. The van der Waals surface area contributed by atoms with Gasteiger partial charge in [0.05, 0.1) is 9.85 Å². The van der Waals surface area contributed by atoms with Crippen LogP contribution in [0.25, 0.3) is 6.08 Å². The number of anilines is 1. The van der Waals surface area contributed by atoms with E-state index in [4.69, 9.17) is 4.74 Å². The van der Waals surface area contributed by atoms with Crippen molar-refractivity contribution in [3.05, 3.63) is 109 Å². The van der Waals surface area contributed by atoms with E-state index in [1.54, 1.807) is 13.0 Å². The van der Waals surface area contributed by atoms with Gasteiger partial charge in [0, 0.05) is 23.9 Å². The lowest BCUT2D eigenvalue weighted by Gasteiger charge is -2.08. The molecule has 0 radical (unpaired) electrons. The zero-order chi connectivity index (χ0) is 25.5. The van der Waals surface area contributed by atoms with Gasteiger partial charge < -0.3 is 10.1 Å². The second kappa shape index (κ2) is 10.5. The molecule has 0 aliphatic carbocycles. The lowest BCUT2D eigenvalue weighted by atomic mass is 10.1. The molecular formula is C24H16N4O7. The molecule has 0 unspecified atom stereocenters. The zero-order valence-corrected chi connectivity index (χ0v) is 18.1. The summed E-state index contributed by atoms with van der Waals surface area (Å²) < 4.78 is 5.19. The van der Waals surface area contributed by atoms with Gasteiger partial charge in [-0.25, -0.2) is 4.79 Å². The average Bonchev–Trinajstić information content (AvgIpc) is 2.84. The molecule has 0 spiro atoms. The second-order valence-electron chi connectivity index (χ2n) is 7.11. The van der Waals surface area contributed by atoms with Crippen LogP contribution in [0, 0.1) is 38.5 Å². The van der Waals surface area contributed by atoms with E-state index < -0.39 is 21.7 Å². The first-order valence-electron chi connectivity index (χ1n) is 9.93. The van der Waals surface area contributed by atoms with Crippen molar-refractivity contribution in [2.75, 3.05) is 5.32 Å². The number of nitriles is 1. The van der Waals surface area contributed by atoms with Gasteiger partial charge in [0.1, 0.15) is 23.0 Å². The molecule has 174 valence electrons. The number of carbonyl (C=O) groups is 2. The van der Waals surface area contributed by atoms with Crippen LogP contribution in [0.1, 0.15) is 21.5 Å². The first kappa shape index (κ1) is 24.3. The first-order chi connectivity index (χ1) is 16.7. The Morgan fingerprint density at radius 1 is 1.00 bits per heavy atom. The molecule has 0 bridgehead atoms. The summed E-state index contributed by atoms with van der Waals surface area (Å²) in [6.07, 6.45) is 1.31. The summed E-state index contributed by atoms with van der Waals surface area (Å²) in [6.45, 7) is 1.59. The van der Waals surface area contributed by atoms with Crippen molar-refractivity contribution in [2.24, 2.45) is 0 Å². The molecule has 11 nitrogen and oxygen atoms in total. The molecule has 0 fully saturated rings. The Bertz CT molecular complexity index is 1410. The van der Waals surface area contributed by atoms with E-state index in [1.807, 2.05) is 0 Å². The topological polar surface area (TPSA) is 165 Å². The summed E-state index contributed by atoms with van der Waals surface area (Å²) in [4.78, 5) is 45.5. The highest BCUT2D eigenvalue weighted by Crippen LogP contribution is 2.23. The minimum atomic E-state index is -0.906. The van der Waals surface area contributed by atoms with E-state index in [-0.39, 0.29) is 28.3 Å². The van der Waals surface area contributed by atoms with E-state index in [0.717, 1.165) is 0 Å². The molecule has 1 N–H and O–H groups in total. The number of para-hydroxylation sites is 1. The predicted molar refractivity (Wildman–Crippen MR) is 125 cm³/mol. The predicted octanol–water partition coefficient (Wildman–Crippen LogP) is 4.58. The van der Waals surface area contributed by atoms with E-state index in [9.17, 15) is 35.1 Å². The molecule has 0 aliphatic heterocycles. The quantitative estimate of drug-likeness (QED) is 0.130. The Labute approximate surface area is 198 Å². The van der Waals surface area contributed by atoms with Crippen molar-refractivity contribution >= 4 is 35.0 Å². The number of hydrogen-bond donors (Lipinski definition) is 1. The summed E-state index contributed by atoms with van der Waals surface area (Å²) in [7, 11) is 0.